The molecule has 1 saturated heterocycles. The number of carbonyl (C=O) groups is 1. The number of esters is 1. The maximum atomic E-state index is 10.8. The number of fused-ring (bicyclic) bond motifs is 1. The van der Waals surface area contributed by atoms with Crippen LogP contribution in [0.4, 0.5) is 0 Å². The van der Waals surface area contributed by atoms with E-state index in [9.17, 15) is 4.79 Å². The molecule has 2 nitrogen and oxygen atoms in total. The number of cyclic esters (lactones) is 1. The summed E-state index contributed by atoms with van der Waals surface area (Å²) in [5.74, 6) is 1.25. The van der Waals surface area contributed by atoms with Crippen molar-refractivity contribution < 1.29 is 9.53 Å². The Morgan fingerprint density at radius 1 is 1.70 bits per heavy atom. The van der Waals surface area contributed by atoms with Gasteiger partial charge in [0, 0.05) is 5.92 Å². The van der Waals surface area contributed by atoms with Gasteiger partial charge in [-0.15, -0.1) is 0 Å². The van der Waals surface area contributed by atoms with E-state index in [2.05, 4.69) is 6.08 Å². The summed E-state index contributed by atoms with van der Waals surface area (Å²) in [6.07, 6.45) is 4.12. The fraction of sp³-hybridized carbons (Fsp3) is 0.625. The first-order chi connectivity index (χ1) is 4.84. The summed E-state index contributed by atoms with van der Waals surface area (Å²) in [6, 6.07) is 0. The Hall–Kier alpha value is -0.790. The normalized spacial score (nSPS) is 43.7. The fourth-order valence-electron chi connectivity index (χ4n) is 1.71. The summed E-state index contributed by atoms with van der Waals surface area (Å²) in [7, 11) is 0. The van der Waals surface area contributed by atoms with Gasteiger partial charge in [0.25, 0.3) is 0 Å². The van der Waals surface area contributed by atoms with Crippen LogP contribution in [0.1, 0.15) is 6.92 Å². The van der Waals surface area contributed by atoms with Gasteiger partial charge in [0.05, 0.1) is 12.5 Å². The third-order valence-corrected chi connectivity index (χ3v) is 2.33. The lowest BCUT2D eigenvalue weighted by Gasteiger charge is -1.96. The molecule has 2 fully saturated rings. The van der Waals surface area contributed by atoms with Gasteiger partial charge in [0.15, 0.2) is 0 Å². The fourth-order valence-corrected chi connectivity index (χ4v) is 1.71. The molecular weight excluding hydrogens is 128 g/mol. The molecule has 0 aromatic heterocycles. The Morgan fingerprint density at radius 3 is 3.00 bits per heavy atom. The minimum absolute atomic E-state index is 0.00750. The minimum atomic E-state index is 0.00750. The van der Waals surface area contributed by atoms with E-state index in [0.29, 0.717) is 18.4 Å². The van der Waals surface area contributed by atoms with Crippen LogP contribution in [0.3, 0.4) is 0 Å². The molecule has 1 saturated carbocycles. The first kappa shape index (κ1) is 5.96. The van der Waals surface area contributed by atoms with E-state index >= 15 is 0 Å². The maximum absolute atomic E-state index is 10.8. The SMILES string of the molecule is C/C=C/C1C2COC(=O)C12. The van der Waals surface area contributed by atoms with Gasteiger partial charge in [0.1, 0.15) is 0 Å². The second-order valence-electron chi connectivity index (χ2n) is 2.92. The molecule has 1 aliphatic heterocycles. The summed E-state index contributed by atoms with van der Waals surface area (Å²) in [5, 5.41) is 0. The maximum Gasteiger partial charge on any atom is 0.309 e. The summed E-state index contributed by atoms with van der Waals surface area (Å²) < 4.78 is 4.82. The zero-order valence-electron chi connectivity index (χ0n) is 5.91. The lowest BCUT2D eigenvalue weighted by Crippen LogP contribution is -2.03. The van der Waals surface area contributed by atoms with Crippen molar-refractivity contribution in [2.75, 3.05) is 6.61 Å². The monoisotopic (exact) mass is 138 g/mol. The molecule has 2 heteroatoms. The van der Waals surface area contributed by atoms with Crippen LogP contribution in [-0.4, -0.2) is 12.6 Å². The molecule has 2 rings (SSSR count). The Labute approximate surface area is 59.9 Å². The number of hydrogen-bond acceptors (Lipinski definition) is 2. The molecule has 10 heavy (non-hydrogen) atoms. The molecule has 0 aromatic carbocycles. The van der Waals surface area contributed by atoms with E-state index in [4.69, 9.17) is 4.74 Å². The van der Waals surface area contributed by atoms with Crippen LogP contribution >= 0.6 is 0 Å². The Balaban J connectivity index is 2.05. The van der Waals surface area contributed by atoms with Crippen molar-refractivity contribution in [3.63, 3.8) is 0 Å². The first-order valence-electron chi connectivity index (χ1n) is 3.64. The molecule has 0 aromatic rings. The molecule has 0 amide bonds. The number of hydrogen-bond donors (Lipinski definition) is 0. The highest BCUT2D eigenvalue weighted by molar-refractivity contribution is 5.79. The van der Waals surface area contributed by atoms with Crippen LogP contribution in [0, 0.1) is 17.8 Å². The van der Waals surface area contributed by atoms with E-state index in [-0.39, 0.29) is 11.9 Å². The standard InChI is InChI=1S/C8H10O2/c1-2-3-5-6-4-10-8(9)7(5)6/h2-3,5-7H,4H2,1H3/b3-2+. The van der Waals surface area contributed by atoms with Gasteiger partial charge in [-0.3, -0.25) is 4.79 Å². The molecule has 3 unspecified atom stereocenters. The third kappa shape index (κ3) is 0.618. The van der Waals surface area contributed by atoms with Crippen molar-refractivity contribution in [3.8, 4) is 0 Å². The first-order valence-corrected chi connectivity index (χ1v) is 3.64. The Morgan fingerprint density at radius 2 is 2.50 bits per heavy atom. The average Bonchev–Trinajstić information content (AvgIpc) is 2.45. The number of rotatable bonds is 1. The second kappa shape index (κ2) is 1.84. The summed E-state index contributed by atoms with van der Waals surface area (Å²) in [6.45, 7) is 2.64. The minimum Gasteiger partial charge on any atom is -0.465 e. The average molecular weight is 138 g/mol. The van der Waals surface area contributed by atoms with E-state index in [1.165, 1.54) is 0 Å². The van der Waals surface area contributed by atoms with Crippen molar-refractivity contribution in [2.45, 2.75) is 6.92 Å². The van der Waals surface area contributed by atoms with E-state index in [1.54, 1.807) is 0 Å². The predicted molar refractivity (Wildman–Crippen MR) is 36.2 cm³/mol. The predicted octanol–water partition coefficient (Wildman–Crippen LogP) is 0.982. The third-order valence-electron chi connectivity index (χ3n) is 2.33. The Kier molecular flexibility index (Phi) is 1.10. The summed E-state index contributed by atoms with van der Waals surface area (Å²) >= 11 is 0. The van der Waals surface area contributed by atoms with Crippen LogP contribution in [0.15, 0.2) is 12.2 Å². The second-order valence-corrected chi connectivity index (χ2v) is 2.92. The van der Waals surface area contributed by atoms with Crippen LogP contribution in [0.25, 0.3) is 0 Å². The van der Waals surface area contributed by atoms with Gasteiger partial charge >= 0.3 is 5.97 Å². The largest absolute Gasteiger partial charge is 0.465 e. The van der Waals surface area contributed by atoms with E-state index < -0.39 is 0 Å². The van der Waals surface area contributed by atoms with E-state index in [0.717, 1.165) is 0 Å². The number of allylic oxidation sites excluding steroid dienone is 2. The highest BCUT2D eigenvalue weighted by Crippen LogP contribution is 2.52. The van der Waals surface area contributed by atoms with Gasteiger partial charge in [-0.05, 0) is 12.8 Å². The van der Waals surface area contributed by atoms with Crippen LogP contribution in [-0.2, 0) is 9.53 Å². The van der Waals surface area contributed by atoms with Gasteiger partial charge in [0.2, 0.25) is 0 Å². The lowest BCUT2D eigenvalue weighted by molar-refractivity contribution is -0.141. The number of carbonyl (C=O) groups excluding carboxylic acids is 1. The molecule has 0 spiro atoms. The van der Waals surface area contributed by atoms with Gasteiger partial charge in [-0.1, -0.05) is 12.2 Å². The molecule has 0 N–H and O–H groups in total. The highest BCUT2D eigenvalue weighted by atomic mass is 16.5. The molecule has 54 valence electrons. The smallest absolute Gasteiger partial charge is 0.309 e. The molecule has 2 aliphatic rings. The lowest BCUT2D eigenvalue weighted by atomic mass is 10.3. The zero-order valence-corrected chi connectivity index (χ0v) is 5.91. The van der Waals surface area contributed by atoms with Crippen LogP contribution < -0.4 is 0 Å². The van der Waals surface area contributed by atoms with Crippen molar-refractivity contribution >= 4 is 5.97 Å². The van der Waals surface area contributed by atoms with Crippen molar-refractivity contribution in [2.24, 2.45) is 17.8 Å². The molecule has 1 aliphatic carbocycles. The molecular formula is C8H10O2. The Bertz CT molecular complexity index is 195. The quantitative estimate of drug-likeness (QED) is 0.399. The van der Waals surface area contributed by atoms with Crippen LogP contribution in [0.2, 0.25) is 0 Å². The zero-order chi connectivity index (χ0) is 7.14. The molecule has 0 bridgehead atoms. The topological polar surface area (TPSA) is 26.3 Å². The molecule has 1 heterocycles. The number of ether oxygens (including phenoxy) is 1. The van der Waals surface area contributed by atoms with Crippen molar-refractivity contribution in [1.82, 2.24) is 0 Å². The summed E-state index contributed by atoms with van der Waals surface area (Å²) in [4.78, 5) is 10.8. The highest BCUT2D eigenvalue weighted by Gasteiger charge is 2.59. The van der Waals surface area contributed by atoms with E-state index in [1.807, 2.05) is 13.0 Å². The molecule has 0 radical (unpaired) electrons. The van der Waals surface area contributed by atoms with Gasteiger partial charge in [-0.2, -0.15) is 0 Å². The van der Waals surface area contributed by atoms with Gasteiger partial charge < -0.3 is 4.74 Å². The van der Waals surface area contributed by atoms with Gasteiger partial charge in [-0.25, -0.2) is 0 Å². The van der Waals surface area contributed by atoms with Crippen molar-refractivity contribution in [3.05, 3.63) is 12.2 Å². The van der Waals surface area contributed by atoms with Crippen molar-refractivity contribution in [1.29, 1.82) is 0 Å². The van der Waals surface area contributed by atoms with Crippen LogP contribution in [0.5, 0.6) is 0 Å². The molecule has 3 atom stereocenters. The summed E-state index contributed by atoms with van der Waals surface area (Å²) in [5.41, 5.74) is 0.